The summed E-state index contributed by atoms with van der Waals surface area (Å²) in [6.07, 6.45) is -2.61. The third kappa shape index (κ3) is 5.84. The van der Waals surface area contributed by atoms with Crippen molar-refractivity contribution in [3.05, 3.63) is 58.6 Å². The summed E-state index contributed by atoms with van der Waals surface area (Å²) in [6, 6.07) is 3.95. The van der Waals surface area contributed by atoms with Gasteiger partial charge in [-0.2, -0.15) is 23.3 Å². The van der Waals surface area contributed by atoms with Gasteiger partial charge in [-0.15, -0.1) is 0 Å². The first-order valence-corrected chi connectivity index (χ1v) is 7.92. The van der Waals surface area contributed by atoms with E-state index in [2.05, 4.69) is 20.4 Å². The third-order valence-electron chi connectivity index (χ3n) is 3.26. The first-order chi connectivity index (χ1) is 13.0. The van der Waals surface area contributed by atoms with Crippen LogP contribution in [0.25, 0.3) is 0 Å². The lowest BCUT2D eigenvalue weighted by molar-refractivity contribution is -0.141. The van der Waals surface area contributed by atoms with Crippen LogP contribution >= 0.6 is 11.6 Å². The molecule has 0 bridgehead atoms. The summed E-state index contributed by atoms with van der Waals surface area (Å²) in [5, 5.41) is 5.67. The van der Waals surface area contributed by atoms with Crippen LogP contribution in [0.3, 0.4) is 0 Å². The molecule has 0 unspecified atom stereocenters. The maximum Gasteiger partial charge on any atom is 0.433 e. The van der Waals surface area contributed by atoms with Crippen LogP contribution in [0.1, 0.15) is 18.2 Å². The first kappa shape index (κ1) is 21.5. The molecular formula is C16H13ClF5N5O. The van der Waals surface area contributed by atoms with Crippen LogP contribution in [-0.2, 0) is 12.1 Å². The topological polar surface area (TPSA) is 83.2 Å². The second kappa shape index (κ2) is 8.46. The van der Waals surface area contributed by atoms with Crippen molar-refractivity contribution in [1.29, 1.82) is 5.53 Å². The van der Waals surface area contributed by atoms with Crippen molar-refractivity contribution in [2.75, 3.05) is 11.9 Å². The number of alkyl halides is 5. The molecule has 150 valence electrons. The SMILES string of the molecule is CC(F)(F)c1cc(N/C=C(/COc2nccc(C(F)(F)F)n2)N=N)ccc1Cl. The molecule has 0 aliphatic rings. The van der Waals surface area contributed by atoms with Crippen molar-refractivity contribution in [2.45, 2.75) is 19.0 Å². The number of rotatable bonds is 7. The van der Waals surface area contributed by atoms with Crippen LogP contribution in [-0.4, -0.2) is 16.6 Å². The summed E-state index contributed by atoms with van der Waals surface area (Å²) in [4.78, 5) is 6.75. The predicted octanol–water partition coefficient (Wildman–Crippen LogP) is 5.62. The van der Waals surface area contributed by atoms with Crippen molar-refractivity contribution in [3.8, 4) is 6.01 Å². The number of hydrogen-bond acceptors (Lipinski definition) is 6. The minimum atomic E-state index is -4.66. The van der Waals surface area contributed by atoms with Gasteiger partial charge in [0, 0.05) is 35.6 Å². The van der Waals surface area contributed by atoms with Crippen LogP contribution in [0.4, 0.5) is 27.6 Å². The Bertz CT molecular complexity index is 882. The van der Waals surface area contributed by atoms with Crippen molar-refractivity contribution in [3.63, 3.8) is 0 Å². The molecule has 2 N–H and O–H groups in total. The van der Waals surface area contributed by atoms with Crippen LogP contribution in [0.2, 0.25) is 5.02 Å². The van der Waals surface area contributed by atoms with E-state index in [1.54, 1.807) is 0 Å². The number of anilines is 1. The van der Waals surface area contributed by atoms with E-state index in [0.717, 1.165) is 12.3 Å². The molecule has 2 aromatic rings. The fraction of sp³-hybridized carbons (Fsp3) is 0.250. The van der Waals surface area contributed by atoms with Crippen LogP contribution in [0.5, 0.6) is 6.01 Å². The Morgan fingerprint density at radius 3 is 2.61 bits per heavy atom. The Labute approximate surface area is 160 Å². The van der Waals surface area contributed by atoms with Gasteiger partial charge in [-0.3, -0.25) is 0 Å². The van der Waals surface area contributed by atoms with Crippen molar-refractivity contribution < 1.29 is 26.7 Å². The molecule has 0 saturated heterocycles. The molecule has 0 atom stereocenters. The zero-order valence-corrected chi connectivity index (χ0v) is 14.9. The Kier molecular flexibility index (Phi) is 6.49. The highest BCUT2D eigenvalue weighted by Gasteiger charge is 2.33. The zero-order valence-electron chi connectivity index (χ0n) is 14.2. The minimum absolute atomic E-state index is 0.0548. The molecule has 0 spiro atoms. The molecule has 0 fully saturated rings. The van der Waals surface area contributed by atoms with Gasteiger partial charge < -0.3 is 10.1 Å². The molecule has 28 heavy (non-hydrogen) atoms. The molecule has 12 heteroatoms. The van der Waals surface area contributed by atoms with Gasteiger partial charge in [-0.1, -0.05) is 11.6 Å². The number of aromatic nitrogens is 2. The Morgan fingerprint density at radius 2 is 2.00 bits per heavy atom. The second-order valence-electron chi connectivity index (χ2n) is 5.49. The Balaban J connectivity index is 2.08. The summed E-state index contributed by atoms with van der Waals surface area (Å²) in [5.41, 5.74) is 5.68. The Hall–Kier alpha value is -2.82. The highest BCUT2D eigenvalue weighted by molar-refractivity contribution is 6.31. The van der Waals surface area contributed by atoms with Crippen molar-refractivity contribution >= 4 is 17.3 Å². The van der Waals surface area contributed by atoms with Gasteiger partial charge in [0.25, 0.3) is 5.92 Å². The molecule has 0 radical (unpaired) electrons. The van der Waals surface area contributed by atoms with E-state index in [1.165, 1.54) is 18.3 Å². The second-order valence-corrected chi connectivity index (χ2v) is 5.89. The Morgan fingerprint density at radius 1 is 1.29 bits per heavy atom. The van der Waals surface area contributed by atoms with Crippen LogP contribution < -0.4 is 10.1 Å². The van der Waals surface area contributed by atoms with E-state index in [9.17, 15) is 22.0 Å². The molecule has 0 aliphatic carbocycles. The quantitative estimate of drug-likeness (QED) is 0.448. The van der Waals surface area contributed by atoms with Crippen LogP contribution in [0.15, 0.2) is 47.5 Å². The van der Waals surface area contributed by atoms with E-state index in [4.69, 9.17) is 21.9 Å². The number of hydrogen-bond donors (Lipinski definition) is 2. The summed E-state index contributed by atoms with van der Waals surface area (Å²) < 4.78 is 69.8. The lowest BCUT2D eigenvalue weighted by Gasteiger charge is -2.14. The number of nitrogens with zero attached hydrogens (tertiary/aromatic N) is 3. The molecule has 1 aromatic heterocycles. The molecule has 0 amide bonds. The third-order valence-corrected chi connectivity index (χ3v) is 3.59. The molecule has 1 aromatic carbocycles. The monoisotopic (exact) mass is 421 g/mol. The van der Waals surface area contributed by atoms with Crippen molar-refractivity contribution in [1.82, 2.24) is 9.97 Å². The van der Waals surface area contributed by atoms with E-state index in [1.807, 2.05) is 0 Å². The molecule has 1 heterocycles. The normalized spacial score (nSPS) is 12.6. The lowest BCUT2D eigenvalue weighted by Crippen LogP contribution is -2.11. The fourth-order valence-electron chi connectivity index (χ4n) is 1.93. The number of benzene rings is 1. The fourth-order valence-corrected chi connectivity index (χ4v) is 2.21. The largest absolute Gasteiger partial charge is 0.457 e. The summed E-state index contributed by atoms with van der Waals surface area (Å²) in [6.45, 7) is 0.267. The maximum absolute atomic E-state index is 13.5. The highest BCUT2D eigenvalue weighted by Crippen LogP contribution is 2.34. The summed E-state index contributed by atoms with van der Waals surface area (Å²) >= 11 is 5.75. The smallest absolute Gasteiger partial charge is 0.433 e. The van der Waals surface area contributed by atoms with Crippen LogP contribution in [0, 0.1) is 5.53 Å². The number of halogens is 6. The van der Waals surface area contributed by atoms with Crippen molar-refractivity contribution in [2.24, 2.45) is 5.11 Å². The van der Waals surface area contributed by atoms with Gasteiger partial charge in [0.1, 0.15) is 12.3 Å². The van der Waals surface area contributed by atoms with Gasteiger partial charge in [0.15, 0.2) is 5.69 Å². The van der Waals surface area contributed by atoms with E-state index < -0.39 is 36.0 Å². The summed E-state index contributed by atoms with van der Waals surface area (Å²) in [5.74, 6) is -3.16. The number of nitrogens with one attached hydrogen (secondary N) is 2. The van der Waals surface area contributed by atoms with E-state index in [0.29, 0.717) is 13.0 Å². The maximum atomic E-state index is 13.5. The number of ether oxygens (including phenoxy) is 1. The molecular weight excluding hydrogens is 409 g/mol. The molecule has 0 aliphatic heterocycles. The molecule has 2 rings (SSSR count). The average Bonchev–Trinajstić information content (AvgIpc) is 2.61. The van der Waals surface area contributed by atoms with Gasteiger partial charge in [0.05, 0.1) is 0 Å². The standard InChI is InChI=1S/C16H13ClF5N5O/c1-15(18,19)11-6-9(2-3-12(11)17)25-7-10(27-23)8-28-14-24-5-4-13(26-14)16(20,21)22/h2-7,23,25H,8H2,1H3/b10-7-,27-23?. The zero-order chi connectivity index (χ0) is 20.9. The van der Waals surface area contributed by atoms with Gasteiger partial charge in [-0.25, -0.2) is 19.3 Å². The van der Waals surface area contributed by atoms with Gasteiger partial charge in [0.2, 0.25) is 0 Å². The summed E-state index contributed by atoms with van der Waals surface area (Å²) in [7, 11) is 0. The molecule has 6 nitrogen and oxygen atoms in total. The van der Waals surface area contributed by atoms with E-state index in [-0.39, 0.29) is 16.4 Å². The minimum Gasteiger partial charge on any atom is -0.457 e. The first-order valence-electron chi connectivity index (χ1n) is 7.54. The average molecular weight is 422 g/mol. The highest BCUT2D eigenvalue weighted by atomic mass is 35.5. The lowest BCUT2D eigenvalue weighted by atomic mass is 10.1. The molecule has 0 saturated carbocycles. The van der Waals surface area contributed by atoms with Gasteiger partial charge >= 0.3 is 12.2 Å². The predicted molar refractivity (Wildman–Crippen MR) is 90.4 cm³/mol. The van der Waals surface area contributed by atoms with Gasteiger partial charge in [-0.05, 0) is 24.3 Å². The van der Waals surface area contributed by atoms with E-state index >= 15 is 0 Å².